The van der Waals surface area contributed by atoms with Crippen LogP contribution in [0, 0.1) is 0 Å². The van der Waals surface area contributed by atoms with Crippen LogP contribution in [0.25, 0.3) is 0 Å². The van der Waals surface area contributed by atoms with E-state index in [0.717, 1.165) is 5.56 Å². The lowest BCUT2D eigenvalue weighted by Gasteiger charge is -2.08. The van der Waals surface area contributed by atoms with Crippen LogP contribution in [0.1, 0.15) is 11.1 Å². The lowest BCUT2D eigenvalue weighted by atomic mass is 10.2. The average Bonchev–Trinajstić information content (AvgIpc) is 2.89. The number of hydrogen-bond donors (Lipinski definition) is 2. The van der Waals surface area contributed by atoms with E-state index in [2.05, 4.69) is 4.72 Å². The van der Waals surface area contributed by atoms with Crippen molar-refractivity contribution >= 4 is 50.2 Å². The highest BCUT2D eigenvalue weighted by atomic mass is 35.5. The number of nitrogens with two attached hydrogens (primary N) is 1. The Balaban J connectivity index is 2.21. The summed E-state index contributed by atoms with van der Waals surface area (Å²) in [4.78, 5) is 0.211. The first kappa shape index (κ1) is 15.4. The van der Waals surface area contributed by atoms with Gasteiger partial charge in [0.15, 0.2) is 0 Å². The summed E-state index contributed by atoms with van der Waals surface area (Å²) in [6.45, 7) is 0.237. The first-order valence-electron chi connectivity index (χ1n) is 5.50. The fourth-order valence-electron chi connectivity index (χ4n) is 1.52. The molecule has 0 unspecified atom stereocenters. The Morgan fingerprint density at radius 3 is 2.70 bits per heavy atom. The van der Waals surface area contributed by atoms with Crippen molar-refractivity contribution in [1.29, 1.82) is 0 Å². The molecule has 0 spiro atoms. The summed E-state index contributed by atoms with van der Waals surface area (Å²) in [5, 5.41) is 3.99. The smallest absolute Gasteiger partial charge is 0.240 e. The van der Waals surface area contributed by atoms with Gasteiger partial charge in [0.25, 0.3) is 0 Å². The second-order valence-corrected chi connectivity index (χ2v) is 7.36. The van der Waals surface area contributed by atoms with Gasteiger partial charge in [0.1, 0.15) is 4.99 Å². The fraction of sp³-hybridized carbons (Fsp3) is 0.0833. The molecular formula is C12H11ClN2O2S3. The second kappa shape index (κ2) is 6.19. The van der Waals surface area contributed by atoms with E-state index in [9.17, 15) is 8.42 Å². The van der Waals surface area contributed by atoms with Crippen molar-refractivity contribution in [3.63, 3.8) is 0 Å². The average molecular weight is 347 g/mol. The first-order chi connectivity index (χ1) is 9.40. The predicted octanol–water partition coefficient (Wildman–Crippen LogP) is 2.51. The van der Waals surface area contributed by atoms with Gasteiger partial charge in [-0.05, 0) is 40.6 Å². The molecule has 1 aromatic heterocycles. The summed E-state index contributed by atoms with van der Waals surface area (Å²) in [6.07, 6.45) is 0. The number of thiophene rings is 1. The predicted molar refractivity (Wildman–Crippen MR) is 85.7 cm³/mol. The quantitative estimate of drug-likeness (QED) is 0.816. The number of sulfonamides is 1. The molecule has 0 fully saturated rings. The zero-order valence-electron chi connectivity index (χ0n) is 10.2. The minimum Gasteiger partial charge on any atom is -0.389 e. The largest absolute Gasteiger partial charge is 0.389 e. The van der Waals surface area contributed by atoms with Crippen LogP contribution >= 0.6 is 35.2 Å². The second-order valence-electron chi connectivity index (χ2n) is 3.96. The number of rotatable bonds is 5. The maximum absolute atomic E-state index is 12.1. The summed E-state index contributed by atoms with van der Waals surface area (Å²) in [7, 11) is -3.62. The van der Waals surface area contributed by atoms with Gasteiger partial charge in [0, 0.05) is 12.1 Å². The zero-order chi connectivity index (χ0) is 14.8. The van der Waals surface area contributed by atoms with E-state index < -0.39 is 10.0 Å². The molecule has 0 bridgehead atoms. The highest BCUT2D eigenvalue weighted by Gasteiger charge is 2.16. The minimum atomic E-state index is -3.62. The van der Waals surface area contributed by atoms with E-state index in [0.29, 0.717) is 5.56 Å². The normalized spacial score (nSPS) is 11.4. The van der Waals surface area contributed by atoms with Gasteiger partial charge < -0.3 is 5.73 Å². The molecule has 8 heteroatoms. The van der Waals surface area contributed by atoms with Crippen LogP contribution in [0.15, 0.2) is 39.9 Å². The molecule has 0 atom stereocenters. The summed E-state index contributed by atoms with van der Waals surface area (Å²) in [6, 6.07) is 6.13. The Morgan fingerprint density at radius 1 is 1.40 bits per heavy atom. The maximum Gasteiger partial charge on any atom is 0.240 e. The third kappa shape index (κ3) is 3.56. The maximum atomic E-state index is 12.1. The first-order valence-corrected chi connectivity index (χ1v) is 8.71. The molecule has 106 valence electrons. The lowest BCUT2D eigenvalue weighted by molar-refractivity contribution is 0.581. The number of halogens is 1. The molecule has 0 aliphatic carbocycles. The highest BCUT2D eigenvalue weighted by Crippen LogP contribution is 2.21. The van der Waals surface area contributed by atoms with Crippen molar-refractivity contribution < 1.29 is 8.42 Å². The van der Waals surface area contributed by atoms with Gasteiger partial charge >= 0.3 is 0 Å². The summed E-state index contributed by atoms with van der Waals surface area (Å²) in [5.41, 5.74) is 6.84. The zero-order valence-corrected chi connectivity index (χ0v) is 13.4. The molecule has 3 N–H and O–H groups in total. The molecule has 0 saturated heterocycles. The summed E-state index contributed by atoms with van der Waals surface area (Å²) >= 11 is 12.3. The highest BCUT2D eigenvalue weighted by molar-refractivity contribution is 7.89. The SMILES string of the molecule is NC(=S)c1ccc(S(=O)(=O)NCc2ccsc2)cc1Cl. The van der Waals surface area contributed by atoms with Crippen LogP contribution in [-0.4, -0.2) is 13.4 Å². The minimum absolute atomic E-state index is 0.0812. The van der Waals surface area contributed by atoms with E-state index in [-0.39, 0.29) is 21.5 Å². The molecule has 0 radical (unpaired) electrons. The molecule has 2 aromatic rings. The Kier molecular flexibility index (Phi) is 4.77. The number of nitrogens with one attached hydrogen (secondary N) is 1. The molecule has 1 aromatic carbocycles. The third-order valence-corrected chi connectivity index (χ3v) is 5.23. The van der Waals surface area contributed by atoms with Crippen molar-refractivity contribution in [2.45, 2.75) is 11.4 Å². The Hall–Kier alpha value is -0.990. The van der Waals surface area contributed by atoms with E-state index in [1.807, 2.05) is 16.8 Å². The van der Waals surface area contributed by atoms with Crippen LogP contribution in [0.5, 0.6) is 0 Å². The molecule has 20 heavy (non-hydrogen) atoms. The van der Waals surface area contributed by atoms with Gasteiger partial charge in [-0.1, -0.05) is 23.8 Å². The van der Waals surface area contributed by atoms with Crippen LogP contribution in [0.2, 0.25) is 5.02 Å². The Bertz CT molecular complexity index is 727. The number of thiocarbonyl (C=S) groups is 1. The lowest BCUT2D eigenvalue weighted by Crippen LogP contribution is -2.23. The van der Waals surface area contributed by atoms with Gasteiger partial charge in [-0.25, -0.2) is 13.1 Å². The molecule has 0 saturated carbocycles. The molecule has 0 aliphatic rings. The van der Waals surface area contributed by atoms with Crippen molar-refractivity contribution in [3.8, 4) is 0 Å². The summed E-state index contributed by atoms with van der Waals surface area (Å²) < 4.78 is 26.8. The van der Waals surface area contributed by atoms with E-state index in [4.69, 9.17) is 29.6 Å². The van der Waals surface area contributed by atoms with Crippen LogP contribution in [0.3, 0.4) is 0 Å². The van der Waals surface area contributed by atoms with Gasteiger partial charge in [-0.3, -0.25) is 0 Å². The standard InChI is InChI=1S/C12H11ClN2O2S3/c13-11-5-9(1-2-10(11)12(14)18)20(16,17)15-6-8-3-4-19-7-8/h1-5,7,15H,6H2,(H2,14,18). The number of benzene rings is 1. The molecule has 0 aliphatic heterocycles. The molecule has 1 heterocycles. The molecule has 4 nitrogen and oxygen atoms in total. The van der Waals surface area contributed by atoms with E-state index in [1.165, 1.54) is 29.5 Å². The van der Waals surface area contributed by atoms with Crippen molar-refractivity contribution in [1.82, 2.24) is 4.72 Å². The number of hydrogen-bond acceptors (Lipinski definition) is 4. The monoisotopic (exact) mass is 346 g/mol. The van der Waals surface area contributed by atoms with Gasteiger partial charge in [0.05, 0.1) is 9.92 Å². The van der Waals surface area contributed by atoms with Gasteiger partial charge in [-0.15, -0.1) is 0 Å². The van der Waals surface area contributed by atoms with Gasteiger partial charge in [-0.2, -0.15) is 11.3 Å². The molecular weight excluding hydrogens is 336 g/mol. The van der Waals surface area contributed by atoms with Gasteiger partial charge in [0.2, 0.25) is 10.0 Å². The molecule has 0 amide bonds. The Labute approximate surface area is 131 Å². The fourth-order valence-corrected chi connectivity index (χ4v) is 3.81. The Morgan fingerprint density at radius 2 is 2.15 bits per heavy atom. The van der Waals surface area contributed by atoms with Crippen LogP contribution < -0.4 is 10.5 Å². The van der Waals surface area contributed by atoms with Crippen molar-refractivity contribution in [2.75, 3.05) is 0 Å². The molecule has 2 rings (SSSR count). The third-order valence-electron chi connectivity index (χ3n) is 2.56. The van der Waals surface area contributed by atoms with Crippen LogP contribution in [-0.2, 0) is 16.6 Å². The van der Waals surface area contributed by atoms with E-state index >= 15 is 0 Å². The topological polar surface area (TPSA) is 72.2 Å². The van der Waals surface area contributed by atoms with Crippen LogP contribution in [0.4, 0.5) is 0 Å². The van der Waals surface area contributed by atoms with Crippen molar-refractivity contribution in [3.05, 3.63) is 51.2 Å². The summed E-state index contributed by atoms with van der Waals surface area (Å²) in [5.74, 6) is 0. The van der Waals surface area contributed by atoms with Crippen molar-refractivity contribution in [2.24, 2.45) is 5.73 Å². The van der Waals surface area contributed by atoms with E-state index in [1.54, 1.807) is 0 Å².